The number of carboxylic acids is 1. The molecule has 8 nitrogen and oxygen atoms in total. The second-order valence-electron chi connectivity index (χ2n) is 7.34. The molecule has 0 atom stereocenters. The van der Waals surface area contributed by atoms with E-state index < -0.39 is 22.3 Å². The topological polar surface area (TPSA) is 122 Å². The summed E-state index contributed by atoms with van der Waals surface area (Å²) in [6.45, 7) is 0.412. The third-order valence-electron chi connectivity index (χ3n) is 5.21. The fraction of sp³-hybridized carbons (Fsp3) is 0.333. The van der Waals surface area contributed by atoms with E-state index in [0.29, 0.717) is 25.1 Å². The van der Waals surface area contributed by atoms with Crippen molar-refractivity contribution in [2.45, 2.75) is 44.2 Å². The monoisotopic (exact) mass is 397 g/mol. The van der Waals surface area contributed by atoms with E-state index >= 15 is 0 Å². The highest BCUT2D eigenvalue weighted by Crippen LogP contribution is 2.33. The Morgan fingerprint density at radius 3 is 2.41 bits per heavy atom. The number of nitrogens with one attached hydrogen (secondary N) is 2. The van der Waals surface area contributed by atoms with Crippen LogP contribution in [0.5, 0.6) is 0 Å². The maximum atomic E-state index is 12.7. The molecule has 2 aromatic carbocycles. The Kier molecular flexibility index (Phi) is 6.11. The van der Waals surface area contributed by atoms with Gasteiger partial charge in [-0.3, -0.25) is 19.7 Å². The third kappa shape index (κ3) is 5.10. The molecule has 0 saturated heterocycles. The summed E-state index contributed by atoms with van der Waals surface area (Å²) in [6, 6.07) is 13.7. The third-order valence-corrected chi connectivity index (χ3v) is 5.21. The minimum absolute atomic E-state index is 0.138. The Morgan fingerprint density at radius 2 is 1.79 bits per heavy atom. The van der Waals surface area contributed by atoms with Crippen LogP contribution in [0, 0.1) is 10.1 Å². The maximum Gasteiger partial charge on any atom is 0.305 e. The number of anilines is 1. The second kappa shape index (κ2) is 8.72. The molecule has 2 aromatic rings. The molecule has 3 rings (SSSR count). The fourth-order valence-electron chi connectivity index (χ4n) is 3.77. The number of nitro groups is 1. The Bertz CT molecular complexity index is 908. The molecule has 0 unspecified atom stereocenters. The highest BCUT2D eigenvalue weighted by atomic mass is 16.6. The van der Waals surface area contributed by atoms with Gasteiger partial charge in [0.15, 0.2) is 0 Å². The van der Waals surface area contributed by atoms with E-state index in [9.17, 15) is 24.8 Å². The number of amides is 1. The summed E-state index contributed by atoms with van der Waals surface area (Å²) in [5.74, 6) is -1.47. The van der Waals surface area contributed by atoms with Gasteiger partial charge < -0.3 is 15.7 Å². The van der Waals surface area contributed by atoms with Crippen molar-refractivity contribution < 1.29 is 19.6 Å². The smallest absolute Gasteiger partial charge is 0.305 e. The van der Waals surface area contributed by atoms with E-state index in [1.165, 1.54) is 18.2 Å². The van der Waals surface area contributed by atoms with Crippen molar-refractivity contribution in [2.75, 3.05) is 5.32 Å². The lowest BCUT2D eigenvalue weighted by molar-refractivity contribution is -0.384. The molecule has 0 bridgehead atoms. The van der Waals surface area contributed by atoms with Crippen LogP contribution >= 0.6 is 0 Å². The quantitative estimate of drug-likeness (QED) is 0.461. The molecule has 3 N–H and O–H groups in total. The number of hydrogen-bond donors (Lipinski definition) is 3. The molecule has 29 heavy (non-hydrogen) atoms. The van der Waals surface area contributed by atoms with Gasteiger partial charge in [0, 0.05) is 18.2 Å². The van der Waals surface area contributed by atoms with Gasteiger partial charge in [0.05, 0.1) is 16.9 Å². The largest absolute Gasteiger partial charge is 0.481 e. The summed E-state index contributed by atoms with van der Waals surface area (Å²) < 4.78 is 0. The first-order valence-electron chi connectivity index (χ1n) is 9.49. The van der Waals surface area contributed by atoms with E-state index in [-0.39, 0.29) is 17.7 Å². The average Bonchev–Trinajstić information content (AvgIpc) is 3.14. The first kappa shape index (κ1) is 20.3. The highest BCUT2D eigenvalue weighted by Gasteiger charge is 2.37. The van der Waals surface area contributed by atoms with Crippen molar-refractivity contribution in [1.29, 1.82) is 0 Å². The van der Waals surface area contributed by atoms with Gasteiger partial charge in [-0.1, -0.05) is 43.2 Å². The van der Waals surface area contributed by atoms with Crippen LogP contribution in [0.4, 0.5) is 11.4 Å². The molecule has 0 radical (unpaired) electrons. The molecule has 1 fully saturated rings. The number of nitro benzene ring substituents is 1. The predicted molar refractivity (Wildman–Crippen MR) is 108 cm³/mol. The summed E-state index contributed by atoms with van der Waals surface area (Å²) in [5, 5.41) is 26.6. The van der Waals surface area contributed by atoms with Gasteiger partial charge in [-0.2, -0.15) is 0 Å². The second-order valence-corrected chi connectivity index (χ2v) is 7.34. The normalized spacial score (nSPS) is 14.9. The lowest BCUT2D eigenvalue weighted by Crippen LogP contribution is -2.47. The van der Waals surface area contributed by atoms with Crippen molar-refractivity contribution in [3.8, 4) is 0 Å². The molecule has 0 aliphatic heterocycles. The highest BCUT2D eigenvalue weighted by molar-refractivity contribution is 5.96. The number of hydrogen-bond acceptors (Lipinski definition) is 5. The van der Waals surface area contributed by atoms with Crippen LogP contribution < -0.4 is 10.6 Å². The van der Waals surface area contributed by atoms with Crippen LogP contribution in [0.2, 0.25) is 0 Å². The van der Waals surface area contributed by atoms with Crippen LogP contribution in [0.1, 0.15) is 48.0 Å². The molecule has 1 aliphatic rings. The first-order valence-corrected chi connectivity index (χ1v) is 9.49. The molecular weight excluding hydrogens is 374 g/mol. The van der Waals surface area contributed by atoms with Crippen LogP contribution in [-0.4, -0.2) is 27.4 Å². The van der Waals surface area contributed by atoms with E-state index in [1.807, 2.05) is 30.3 Å². The van der Waals surface area contributed by atoms with Gasteiger partial charge in [0.2, 0.25) is 0 Å². The number of carbonyl (C=O) groups excluding carboxylic acids is 1. The van der Waals surface area contributed by atoms with Crippen molar-refractivity contribution in [3.05, 3.63) is 69.8 Å². The van der Waals surface area contributed by atoms with Crippen LogP contribution in [0.3, 0.4) is 0 Å². The SMILES string of the molecule is O=C(O)CC1(NC(=O)c2ccc(NCc3ccccc3)c([N+](=O)[O-])c2)CCCC1. The number of aliphatic carboxylic acids is 1. The van der Waals surface area contributed by atoms with Gasteiger partial charge in [-0.05, 0) is 30.5 Å². The predicted octanol–water partition coefficient (Wildman–Crippen LogP) is 3.72. The maximum absolute atomic E-state index is 12.7. The molecule has 1 saturated carbocycles. The zero-order valence-electron chi connectivity index (χ0n) is 15.9. The van der Waals surface area contributed by atoms with Gasteiger partial charge in [0.25, 0.3) is 11.6 Å². The first-order chi connectivity index (χ1) is 13.9. The molecule has 1 amide bonds. The molecule has 0 spiro atoms. The van der Waals surface area contributed by atoms with Crippen LogP contribution in [-0.2, 0) is 11.3 Å². The van der Waals surface area contributed by atoms with Crippen molar-refractivity contribution in [3.63, 3.8) is 0 Å². The Morgan fingerprint density at radius 1 is 1.10 bits per heavy atom. The van der Waals surface area contributed by atoms with Gasteiger partial charge >= 0.3 is 5.97 Å². The van der Waals surface area contributed by atoms with Crippen molar-refractivity contribution >= 4 is 23.3 Å². The molecule has 152 valence electrons. The van der Waals surface area contributed by atoms with E-state index in [1.54, 1.807) is 0 Å². The van der Waals surface area contributed by atoms with Crippen molar-refractivity contribution in [2.24, 2.45) is 0 Å². The fourth-order valence-corrected chi connectivity index (χ4v) is 3.77. The van der Waals surface area contributed by atoms with Gasteiger partial charge in [-0.25, -0.2) is 0 Å². The van der Waals surface area contributed by atoms with E-state index in [2.05, 4.69) is 10.6 Å². The number of rotatable bonds is 8. The lowest BCUT2D eigenvalue weighted by Gasteiger charge is -2.28. The summed E-state index contributed by atoms with van der Waals surface area (Å²) >= 11 is 0. The Balaban J connectivity index is 1.77. The van der Waals surface area contributed by atoms with Gasteiger partial charge in [0.1, 0.15) is 5.69 Å². The number of carbonyl (C=O) groups is 2. The van der Waals surface area contributed by atoms with Crippen LogP contribution in [0.25, 0.3) is 0 Å². The number of carboxylic acid groups (broad SMARTS) is 1. The molecule has 8 heteroatoms. The number of benzene rings is 2. The molecule has 1 aliphatic carbocycles. The summed E-state index contributed by atoms with van der Waals surface area (Å²) in [7, 11) is 0. The lowest BCUT2D eigenvalue weighted by atomic mass is 9.92. The van der Waals surface area contributed by atoms with Crippen LogP contribution in [0.15, 0.2) is 48.5 Å². The zero-order chi connectivity index (χ0) is 20.9. The molecule has 0 aromatic heterocycles. The standard InChI is InChI=1S/C21H23N3O5/c25-19(26)13-21(10-4-5-11-21)23-20(27)16-8-9-17(18(12-16)24(28)29)22-14-15-6-2-1-3-7-15/h1-3,6-9,12,22H,4-5,10-11,13-14H2,(H,23,27)(H,25,26). The minimum Gasteiger partial charge on any atom is -0.481 e. The average molecular weight is 397 g/mol. The van der Waals surface area contributed by atoms with Gasteiger partial charge in [-0.15, -0.1) is 0 Å². The number of nitrogens with zero attached hydrogens (tertiary/aromatic N) is 1. The summed E-state index contributed by atoms with van der Waals surface area (Å²) in [4.78, 5) is 34.9. The van der Waals surface area contributed by atoms with Crippen molar-refractivity contribution in [1.82, 2.24) is 5.32 Å². The zero-order valence-corrected chi connectivity index (χ0v) is 15.9. The molecular formula is C21H23N3O5. The Labute approximate surface area is 168 Å². The summed E-state index contributed by atoms with van der Waals surface area (Å²) in [5.41, 5.74) is 0.435. The van der Waals surface area contributed by atoms with E-state index in [0.717, 1.165) is 18.4 Å². The molecule has 0 heterocycles. The summed E-state index contributed by atoms with van der Waals surface area (Å²) in [6.07, 6.45) is 2.71. The van der Waals surface area contributed by atoms with E-state index in [4.69, 9.17) is 0 Å². The Hall–Kier alpha value is -3.42. The minimum atomic E-state index is -0.973.